The van der Waals surface area contributed by atoms with Gasteiger partial charge in [-0.05, 0) is 47.4 Å². The second-order valence-electron chi connectivity index (χ2n) is 11.8. The standard InChI is InChI=1S/C30H35F5N6O/c1-3-21-14-40(8-7-38-21)13-19-9-23-24(25(10-19)30(33,34)35)15-41(27(23)42)22-6-4-5-20(11-22)28(16-29(31,32)17-28)12-26(37)39(2)18-36/h4-6,9-11,18,21,36-38H,3,7-8,12-17H2,1-2H3. The first-order chi connectivity index (χ1) is 19.7. The number of carbonyl (C=O) groups excluding carboxylic acids is 1. The Bertz CT molecular complexity index is 1380. The Morgan fingerprint density at radius 3 is 2.60 bits per heavy atom. The lowest BCUT2D eigenvalue weighted by atomic mass is 9.60. The van der Waals surface area contributed by atoms with Crippen LogP contribution in [0.4, 0.5) is 27.6 Å². The van der Waals surface area contributed by atoms with Crippen molar-refractivity contribution in [2.24, 2.45) is 0 Å². The summed E-state index contributed by atoms with van der Waals surface area (Å²) in [4.78, 5) is 18.2. The molecular formula is C30H35F5N6O. The zero-order valence-corrected chi connectivity index (χ0v) is 23.6. The van der Waals surface area contributed by atoms with Crippen molar-refractivity contribution in [3.63, 3.8) is 0 Å². The molecule has 1 atom stereocenters. The summed E-state index contributed by atoms with van der Waals surface area (Å²) in [6, 6.07) is 9.39. The van der Waals surface area contributed by atoms with E-state index in [-0.39, 0.29) is 36.0 Å². The van der Waals surface area contributed by atoms with Gasteiger partial charge >= 0.3 is 6.18 Å². The molecule has 7 nitrogen and oxygen atoms in total. The number of halogens is 5. The molecule has 1 saturated heterocycles. The molecule has 3 N–H and O–H groups in total. The number of benzene rings is 2. The van der Waals surface area contributed by atoms with Crippen molar-refractivity contribution in [2.75, 3.05) is 31.6 Å². The van der Waals surface area contributed by atoms with Crippen LogP contribution < -0.4 is 10.2 Å². The van der Waals surface area contributed by atoms with Gasteiger partial charge in [-0.2, -0.15) is 13.2 Å². The number of amidine groups is 1. The molecule has 1 aliphatic carbocycles. The summed E-state index contributed by atoms with van der Waals surface area (Å²) in [5.74, 6) is -3.49. The average Bonchev–Trinajstić information content (AvgIpc) is 3.26. The van der Waals surface area contributed by atoms with Crippen LogP contribution in [0.5, 0.6) is 0 Å². The van der Waals surface area contributed by atoms with Crippen LogP contribution in [0.25, 0.3) is 0 Å². The van der Waals surface area contributed by atoms with E-state index < -0.39 is 41.8 Å². The van der Waals surface area contributed by atoms with Gasteiger partial charge in [-0.1, -0.05) is 19.1 Å². The molecule has 2 aromatic rings. The van der Waals surface area contributed by atoms with Crippen molar-refractivity contribution in [2.45, 2.75) is 69.3 Å². The van der Waals surface area contributed by atoms with Crippen molar-refractivity contribution in [3.05, 3.63) is 64.2 Å². The van der Waals surface area contributed by atoms with Gasteiger partial charge < -0.3 is 15.1 Å². The van der Waals surface area contributed by atoms with Crippen LogP contribution in [-0.2, 0) is 24.7 Å². The number of anilines is 1. The molecular weight excluding hydrogens is 555 g/mol. The van der Waals surface area contributed by atoms with Gasteiger partial charge in [-0.15, -0.1) is 0 Å². The second-order valence-corrected chi connectivity index (χ2v) is 11.8. The van der Waals surface area contributed by atoms with E-state index in [9.17, 15) is 26.7 Å². The van der Waals surface area contributed by atoms with Gasteiger partial charge in [0, 0.05) is 75.2 Å². The minimum atomic E-state index is -4.66. The predicted molar refractivity (Wildman–Crippen MR) is 151 cm³/mol. The zero-order chi connectivity index (χ0) is 30.4. The Kier molecular flexibility index (Phi) is 7.90. The number of hydrogen-bond acceptors (Lipinski definition) is 5. The van der Waals surface area contributed by atoms with E-state index in [0.717, 1.165) is 25.4 Å². The summed E-state index contributed by atoms with van der Waals surface area (Å²) < 4.78 is 71.2. The highest BCUT2D eigenvalue weighted by molar-refractivity contribution is 6.10. The Hall–Kier alpha value is -3.38. The second kappa shape index (κ2) is 11.0. The number of rotatable bonds is 8. The number of nitrogens with zero attached hydrogens (tertiary/aromatic N) is 3. The molecule has 2 fully saturated rings. The lowest BCUT2D eigenvalue weighted by Crippen LogP contribution is -2.51. The highest BCUT2D eigenvalue weighted by Gasteiger charge is 2.57. The first kappa shape index (κ1) is 30.1. The number of amides is 1. The summed E-state index contributed by atoms with van der Waals surface area (Å²) in [6.45, 7) is 4.20. The van der Waals surface area contributed by atoms with Crippen LogP contribution in [0.15, 0.2) is 36.4 Å². The highest BCUT2D eigenvalue weighted by Crippen LogP contribution is 2.56. The van der Waals surface area contributed by atoms with Crippen LogP contribution >= 0.6 is 0 Å². The summed E-state index contributed by atoms with van der Waals surface area (Å²) in [6.07, 6.45) is -3.87. The SMILES string of the molecule is CCC1CN(Cc2cc3c(c(C(F)(F)F)c2)CN(c2cccc(C4(CC(=N)N(C)C=N)CC(F)(F)C4)c2)C3=O)CCN1. The van der Waals surface area contributed by atoms with Crippen LogP contribution in [-0.4, -0.2) is 66.5 Å². The molecule has 5 rings (SSSR count). The Balaban J connectivity index is 1.45. The number of hydrogen-bond donors (Lipinski definition) is 3. The van der Waals surface area contributed by atoms with E-state index in [4.69, 9.17) is 10.8 Å². The van der Waals surface area contributed by atoms with E-state index in [1.54, 1.807) is 30.3 Å². The number of fused-ring (bicyclic) bond motifs is 1. The van der Waals surface area contributed by atoms with Gasteiger partial charge in [0.15, 0.2) is 0 Å². The molecule has 2 aliphatic heterocycles. The summed E-state index contributed by atoms with van der Waals surface area (Å²) in [5.41, 5.74) is -0.780. The molecule has 12 heteroatoms. The molecule has 0 bridgehead atoms. The quantitative estimate of drug-likeness (QED) is 0.212. The predicted octanol–water partition coefficient (Wildman–Crippen LogP) is 5.62. The molecule has 1 saturated carbocycles. The minimum absolute atomic E-state index is 0.00619. The third-order valence-electron chi connectivity index (χ3n) is 8.73. The maximum Gasteiger partial charge on any atom is 0.416 e. The first-order valence-corrected chi connectivity index (χ1v) is 14.0. The summed E-state index contributed by atoms with van der Waals surface area (Å²) in [7, 11) is 1.49. The molecule has 0 aromatic heterocycles. The Morgan fingerprint density at radius 2 is 1.95 bits per heavy atom. The highest BCUT2D eigenvalue weighted by atomic mass is 19.4. The maximum atomic E-state index is 14.3. The minimum Gasteiger partial charge on any atom is -0.325 e. The number of alkyl halides is 5. The topological polar surface area (TPSA) is 86.5 Å². The van der Waals surface area contributed by atoms with Crippen LogP contribution in [0, 0.1) is 10.8 Å². The van der Waals surface area contributed by atoms with Crippen molar-refractivity contribution in [3.8, 4) is 0 Å². The smallest absolute Gasteiger partial charge is 0.325 e. The monoisotopic (exact) mass is 590 g/mol. The molecule has 0 radical (unpaired) electrons. The third-order valence-corrected chi connectivity index (χ3v) is 8.73. The van der Waals surface area contributed by atoms with Crippen molar-refractivity contribution < 1.29 is 26.7 Å². The van der Waals surface area contributed by atoms with Gasteiger partial charge in [0.25, 0.3) is 5.91 Å². The summed E-state index contributed by atoms with van der Waals surface area (Å²) >= 11 is 0. The Labute approximate surface area is 241 Å². The lowest BCUT2D eigenvalue weighted by molar-refractivity contribution is -0.138. The molecule has 1 amide bonds. The summed E-state index contributed by atoms with van der Waals surface area (Å²) in [5, 5.41) is 19.1. The molecule has 3 aliphatic rings. The van der Waals surface area contributed by atoms with Crippen molar-refractivity contribution in [1.82, 2.24) is 15.1 Å². The molecule has 2 aromatic carbocycles. The largest absolute Gasteiger partial charge is 0.416 e. The average molecular weight is 591 g/mol. The number of carbonyl (C=O) groups is 1. The molecule has 0 spiro atoms. The fraction of sp³-hybridized carbons (Fsp3) is 0.500. The maximum absolute atomic E-state index is 14.3. The van der Waals surface area contributed by atoms with Crippen molar-refractivity contribution >= 4 is 23.8 Å². The van der Waals surface area contributed by atoms with Crippen LogP contribution in [0.1, 0.15) is 65.2 Å². The Morgan fingerprint density at radius 1 is 1.21 bits per heavy atom. The van der Waals surface area contributed by atoms with Gasteiger partial charge in [0.05, 0.1) is 18.4 Å². The molecule has 226 valence electrons. The lowest BCUT2D eigenvalue weighted by Gasteiger charge is -2.48. The van der Waals surface area contributed by atoms with E-state index in [1.807, 2.05) is 0 Å². The van der Waals surface area contributed by atoms with Gasteiger partial charge in [-0.3, -0.25) is 20.5 Å². The first-order valence-electron chi connectivity index (χ1n) is 14.0. The molecule has 2 heterocycles. The van der Waals surface area contributed by atoms with Crippen LogP contribution in [0.2, 0.25) is 0 Å². The van der Waals surface area contributed by atoms with Gasteiger partial charge in [-0.25, -0.2) is 8.78 Å². The van der Waals surface area contributed by atoms with Gasteiger partial charge in [0.2, 0.25) is 5.92 Å². The number of piperazine rings is 1. The van der Waals surface area contributed by atoms with Gasteiger partial charge in [0.1, 0.15) is 5.84 Å². The molecule has 42 heavy (non-hydrogen) atoms. The van der Waals surface area contributed by atoms with E-state index in [2.05, 4.69) is 17.1 Å². The van der Waals surface area contributed by atoms with E-state index in [1.165, 1.54) is 16.8 Å². The third kappa shape index (κ3) is 5.78. The van der Waals surface area contributed by atoms with E-state index in [0.29, 0.717) is 36.4 Å². The fourth-order valence-electron chi connectivity index (χ4n) is 6.49. The molecule has 1 unspecified atom stereocenters. The normalized spacial score (nSPS) is 21.5. The van der Waals surface area contributed by atoms with E-state index >= 15 is 0 Å². The van der Waals surface area contributed by atoms with Crippen LogP contribution in [0.3, 0.4) is 0 Å². The fourth-order valence-corrected chi connectivity index (χ4v) is 6.49. The number of nitrogens with one attached hydrogen (secondary N) is 3. The van der Waals surface area contributed by atoms with Crippen molar-refractivity contribution in [1.29, 1.82) is 10.8 Å². The zero-order valence-electron chi connectivity index (χ0n) is 23.6.